The molecule has 3 rings (SSSR count). The van der Waals surface area contributed by atoms with Crippen LogP contribution in [-0.2, 0) is 4.79 Å². The van der Waals surface area contributed by atoms with Gasteiger partial charge in [0.25, 0.3) is 11.8 Å². The molecule has 3 aromatic carbocycles. The first-order valence-corrected chi connectivity index (χ1v) is 8.40. The van der Waals surface area contributed by atoms with E-state index >= 15 is 0 Å². The largest absolute Gasteiger partial charge is 0.507 e. The smallest absolute Gasteiger partial charge is 0.259 e. The van der Waals surface area contributed by atoms with Crippen molar-refractivity contribution in [3.63, 3.8) is 0 Å². The number of fused-ring (bicyclic) bond motifs is 1. The summed E-state index contributed by atoms with van der Waals surface area (Å²) in [6.07, 6.45) is 0. The maximum Gasteiger partial charge on any atom is 0.259 e. The predicted octanol–water partition coefficient (Wildman–Crippen LogP) is 3.26. The fourth-order valence-corrected chi connectivity index (χ4v) is 2.52. The van der Waals surface area contributed by atoms with Gasteiger partial charge >= 0.3 is 0 Å². The van der Waals surface area contributed by atoms with Crippen molar-refractivity contribution in [2.75, 3.05) is 26.0 Å². The minimum Gasteiger partial charge on any atom is -0.507 e. The number of nitrogens with one attached hydrogen (secondary N) is 1. The van der Waals surface area contributed by atoms with Crippen molar-refractivity contribution in [1.29, 1.82) is 0 Å². The SMILES string of the molecule is CN(C)C(=O)COc1ccc(NC(=O)c2cc3ccccc3cc2O)cc1. The second-order valence-electron chi connectivity index (χ2n) is 6.27. The lowest BCUT2D eigenvalue weighted by Gasteiger charge is -2.12. The van der Waals surface area contributed by atoms with Crippen LogP contribution in [0.5, 0.6) is 11.5 Å². The molecule has 0 atom stereocenters. The Kier molecular flexibility index (Phi) is 5.26. The minimum absolute atomic E-state index is 0.0519. The van der Waals surface area contributed by atoms with Gasteiger partial charge < -0.3 is 20.1 Å². The lowest BCUT2D eigenvalue weighted by molar-refractivity contribution is -0.130. The van der Waals surface area contributed by atoms with Crippen molar-refractivity contribution in [2.45, 2.75) is 0 Å². The Hall–Kier alpha value is -3.54. The third-order valence-electron chi connectivity index (χ3n) is 4.08. The highest BCUT2D eigenvalue weighted by Crippen LogP contribution is 2.26. The predicted molar refractivity (Wildman–Crippen MR) is 104 cm³/mol. The summed E-state index contributed by atoms with van der Waals surface area (Å²) in [6.45, 7) is -0.0519. The van der Waals surface area contributed by atoms with E-state index in [1.54, 1.807) is 50.5 Å². The number of carbonyl (C=O) groups excluding carboxylic acids is 2. The van der Waals surface area contributed by atoms with Gasteiger partial charge in [0.2, 0.25) is 0 Å². The Morgan fingerprint density at radius 2 is 1.63 bits per heavy atom. The summed E-state index contributed by atoms with van der Waals surface area (Å²) in [5.74, 6) is -0.0982. The van der Waals surface area contributed by atoms with Crippen LogP contribution in [-0.4, -0.2) is 42.5 Å². The highest BCUT2D eigenvalue weighted by Gasteiger charge is 2.13. The lowest BCUT2D eigenvalue weighted by atomic mass is 10.1. The molecule has 0 aliphatic carbocycles. The van der Waals surface area contributed by atoms with Crippen LogP contribution in [0.1, 0.15) is 10.4 Å². The number of rotatable bonds is 5. The van der Waals surface area contributed by atoms with E-state index in [4.69, 9.17) is 4.74 Å². The molecule has 0 saturated carbocycles. The van der Waals surface area contributed by atoms with Gasteiger partial charge in [0.15, 0.2) is 6.61 Å². The zero-order valence-corrected chi connectivity index (χ0v) is 15.1. The first-order valence-electron chi connectivity index (χ1n) is 8.40. The Balaban J connectivity index is 1.69. The van der Waals surface area contributed by atoms with Crippen molar-refractivity contribution in [3.8, 4) is 11.5 Å². The summed E-state index contributed by atoms with van der Waals surface area (Å²) in [5.41, 5.74) is 0.754. The number of benzene rings is 3. The number of aromatic hydroxyl groups is 1. The van der Waals surface area contributed by atoms with Gasteiger partial charge in [-0.3, -0.25) is 9.59 Å². The summed E-state index contributed by atoms with van der Waals surface area (Å²) in [5, 5.41) is 14.6. The Morgan fingerprint density at radius 3 is 2.26 bits per heavy atom. The van der Waals surface area contributed by atoms with Crippen molar-refractivity contribution < 1.29 is 19.4 Å². The van der Waals surface area contributed by atoms with Gasteiger partial charge in [-0.2, -0.15) is 0 Å². The number of likely N-dealkylation sites (N-methyl/N-ethyl adjacent to an activating group) is 1. The maximum atomic E-state index is 12.5. The molecule has 6 nitrogen and oxygen atoms in total. The topological polar surface area (TPSA) is 78.9 Å². The minimum atomic E-state index is -0.408. The lowest BCUT2D eigenvalue weighted by Crippen LogP contribution is -2.27. The zero-order chi connectivity index (χ0) is 19.4. The number of hydrogen-bond donors (Lipinski definition) is 2. The van der Waals surface area contributed by atoms with E-state index in [2.05, 4.69) is 5.32 Å². The fraction of sp³-hybridized carbons (Fsp3) is 0.143. The molecule has 0 bridgehead atoms. The number of nitrogens with zero attached hydrogens (tertiary/aromatic N) is 1. The summed E-state index contributed by atoms with van der Waals surface area (Å²) < 4.78 is 5.40. The normalized spacial score (nSPS) is 10.4. The molecular formula is C21H20N2O4. The summed E-state index contributed by atoms with van der Waals surface area (Å²) in [6, 6.07) is 17.4. The Labute approximate surface area is 157 Å². The second-order valence-corrected chi connectivity index (χ2v) is 6.27. The van der Waals surface area contributed by atoms with E-state index < -0.39 is 5.91 Å². The molecule has 0 aliphatic rings. The Bertz CT molecular complexity index is 981. The molecule has 0 unspecified atom stereocenters. The number of anilines is 1. The van der Waals surface area contributed by atoms with Crippen molar-refractivity contribution in [2.24, 2.45) is 0 Å². The zero-order valence-electron chi connectivity index (χ0n) is 15.1. The number of amides is 2. The van der Waals surface area contributed by atoms with Gasteiger partial charge in [-0.1, -0.05) is 24.3 Å². The summed E-state index contributed by atoms with van der Waals surface area (Å²) >= 11 is 0. The molecule has 138 valence electrons. The number of ether oxygens (including phenoxy) is 1. The highest BCUT2D eigenvalue weighted by molar-refractivity contribution is 6.08. The van der Waals surface area contributed by atoms with E-state index in [-0.39, 0.29) is 23.8 Å². The highest BCUT2D eigenvalue weighted by atomic mass is 16.5. The first-order chi connectivity index (χ1) is 12.9. The molecule has 2 N–H and O–H groups in total. The molecule has 27 heavy (non-hydrogen) atoms. The number of carbonyl (C=O) groups is 2. The Morgan fingerprint density at radius 1 is 1.00 bits per heavy atom. The molecule has 0 saturated heterocycles. The van der Waals surface area contributed by atoms with Gasteiger partial charge in [-0.25, -0.2) is 0 Å². The van der Waals surface area contributed by atoms with Crippen molar-refractivity contribution in [3.05, 3.63) is 66.2 Å². The van der Waals surface area contributed by atoms with Gasteiger partial charge in [0.05, 0.1) is 5.56 Å². The third-order valence-corrected chi connectivity index (χ3v) is 4.08. The molecule has 0 aliphatic heterocycles. The van der Waals surface area contributed by atoms with E-state index in [0.717, 1.165) is 10.8 Å². The monoisotopic (exact) mass is 364 g/mol. The van der Waals surface area contributed by atoms with Crippen molar-refractivity contribution >= 4 is 28.3 Å². The summed E-state index contributed by atoms with van der Waals surface area (Å²) in [4.78, 5) is 25.5. The van der Waals surface area contributed by atoms with Crippen LogP contribution in [0.15, 0.2) is 60.7 Å². The fourth-order valence-electron chi connectivity index (χ4n) is 2.52. The van der Waals surface area contributed by atoms with Crippen LogP contribution in [0.4, 0.5) is 5.69 Å². The number of phenolic OH excluding ortho intramolecular Hbond substituents is 1. The van der Waals surface area contributed by atoms with Gasteiger partial charge in [-0.05, 0) is 47.2 Å². The van der Waals surface area contributed by atoms with E-state index in [9.17, 15) is 14.7 Å². The standard InChI is InChI=1S/C21H20N2O4/c1-23(2)20(25)13-27-17-9-7-16(8-10-17)22-21(26)18-11-14-5-3-4-6-15(14)12-19(18)24/h3-12,24H,13H2,1-2H3,(H,22,26). The number of phenols is 1. The molecule has 0 spiro atoms. The third kappa shape index (κ3) is 4.36. The molecule has 0 heterocycles. The molecule has 2 amide bonds. The molecule has 0 radical (unpaired) electrons. The van der Waals surface area contributed by atoms with Gasteiger partial charge in [-0.15, -0.1) is 0 Å². The van der Waals surface area contributed by atoms with Crippen molar-refractivity contribution in [1.82, 2.24) is 4.90 Å². The van der Waals surface area contributed by atoms with E-state index in [0.29, 0.717) is 11.4 Å². The van der Waals surface area contributed by atoms with Gasteiger partial charge in [0, 0.05) is 19.8 Å². The van der Waals surface area contributed by atoms with Crippen LogP contribution in [0.25, 0.3) is 10.8 Å². The molecular weight excluding hydrogens is 344 g/mol. The molecule has 0 aromatic heterocycles. The van der Waals surface area contributed by atoms with Crippen LogP contribution < -0.4 is 10.1 Å². The average molecular weight is 364 g/mol. The summed E-state index contributed by atoms with van der Waals surface area (Å²) in [7, 11) is 3.32. The average Bonchev–Trinajstić information content (AvgIpc) is 2.66. The van der Waals surface area contributed by atoms with E-state index in [1.165, 1.54) is 4.90 Å². The molecule has 0 fully saturated rings. The number of hydrogen-bond acceptors (Lipinski definition) is 4. The quantitative estimate of drug-likeness (QED) is 0.728. The van der Waals surface area contributed by atoms with Crippen LogP contribution in [0.3, 0.4) is 0 Å². The molecule has 3 aromatic rings. The first kappa shape index (κ1) is 18.3. The van der Waals surface area contributed by atoms with Crippen LogP contribution in [0, 0.1) is 0 Å². The molecule has 6 heteroatoms. The van der Waals surface area contributed by atoms with Gasteiger partial charge in [0.1, 0.15) is 11.5 Å². The van der Waals surface area contributed by atoms with Crippen LogP contribution >= 0.6 is 0 Å². The second kappa shape index (κ2) is 7.78. The van der Waals surface area contributed by atoms with E-state index in [1.807, 2.05) is 24.3 Å². The maximum absolute atomic E-state index is 12.5. The van der Waals surface area contributed by atoms with Crippen LogP contribution in [0.2, 0.25) is 0 Å².